The van der Waals surface area contributed by atoms with Crippen LogP contribution in [0, 0.1) is 0 Å². The van der Waals surface area contributed by atoms with Crippen LogP contribution in [0.3, 0.4) is 0 Å². The monoisotopic (exact) mass is 270 g/mol. The molecule has 0 heterocycles. The summed E-state index contributed by atoms with van der Waals surface area (Å²) >= 11 is 3.51. The van der Waals surface area contributed by atoms with Gasteiger partial charge in [0.1, 0.15) is 5.75 Å². The highest BCUT2D eigenvalue weighted by Crippen LogP contribution is 2.38. The summed E-state index contributed by atoms with van der Waals surface area (Å²) < 4.78 is 11.8. The van der Waals surface area contributed by atoms with Crippen LogP contribution in [-0.2, 0) is 11.2 Å². The maximum atomic E-state index is 5.49. The number of aryl methyl sites for hydroxylation is 1. The summed E-state index contributed by atoms with van der Waals surface area (Å²) in [7, 11) is 3.46. The van der Waals surface area contributed by atoms with Crippen molar-refractivity contribution in [2.45, 2.75) is 25.4 Å². The van der Waals surface area contributed by atoms with E-state index < -0.39 is 0 Å². The van der Waals surface area contributed by atoms with E-state index in [-0.39, 0.29) is 6.10 Å². The lowest BCUT2D eigenvalue weighted by Gasteiger charge is -2.25. The molecule has 0 saturated heterocycles. The summed E-state index contributed by atoms with van der Waals surface area (Å²) in [5.41, 5.74) is 2.66. The lowest BCUT2D eigenvalue weighted by Crippen LogP contribution is -2.11. The summed E-state index contributed by atoms with van der Waals surface area (Å²) in [5, 5.41) is 0. The van der Waals surface area contributed by atoms with Crippen LogP contribution in [0.15, 0.2) is 16.6 Å². The van der Waals surface area contributed by atoms with Crippen molar-refractivity contribution in [3.8, 4) is 5.75 Å². The van der Waals surface area contributed by atoms with Crippen molar-refractivity contribution in [1.82, 2.24) is 0 Å². The number of methoxy groups -OCH3 is 2. The minimum absolute atomic E-state index is 0.232. The third kappa shape index (κ3) is 2.04. The van der Waals surface area contributed by atoms with E-state index in [0.717, 1.165) is 23.1 Å². The van der Waals surface area contributed by atoms with Crippen molar-refractivity contribution in [3.63, 3.8) is 0 Å². The predicted molar refractivity (Wildman–Crippen MR) is 63.4 cm³/mol. The molecule has 0 unspecified atom stereocenters. The molecule has 0 aromatic heterocycles. The molecule has 2 nitrogen and oxygen atoms in total. The van der Waals surface area contributed by atoms with Crippen molar-refractivity contribution < 1.29 is 9.47 Å². The molecule has 0 bridgehead atoms. The van der Waals surface area contributed by atoms with Crippen molar-refractivity contribution in [3.05, 3.63) is 27.7 Å². The maximum Gasteiger partial charge on any atom is 0.133 e. The van der Waals surface area contributed by atoms with Crippen LogP contribution in [0.4, 0.5) is 0 Å². The Morgan fingerprint density at radius 2 is 2.13 bits per heavy atom. The number of hydrogen-bond donors (Lipinski definition) is 0. The topological polar surface area (TPSA) is 18.5 Å². The van der Waals surface area contributed by atoms with Crippen LogP contribution in [0.25, 0.3) is 0 Å². The Morgan fingerprint density at radius 1 is 1.33 bits per heavy atom. The Hall–Kier alpha value is -0.540. The fourth-order valence-electron chi connectivity index (χ4n) is 2.16. The van der Waals surface area contributed by atoms with Gasteiger partial charge in [-0.3, -0.25) is 0 Å². The Labute approximate surface area is 98.7 Å². The summed E-state index contributed by atoms with van der Waals surface area (Å²) in [6.07, 6.45) is 3.67. The van der Waals surface area contributed by atoms with E-state index in [1.807, 2.05) is 0 Å². The zero-order valence-corrected chi connectivity index (χ0v) is 10.6. The summed E-state index contributed by atoms with van der Waals surface area (Å²) in [5.74, 6) is 0.887. The summed E-state index contributed by atoms with van der Waals surface area (Å²) in [6.45, 7) is 0. The number of ether oxygens (including phenoxy) is 2. The van der Waals surface area contributed by atoms with Crippen LogP contribution >= 0.6 is 15.9 Å². The van der Waals surface area contributed by atoms with Gasteiger partial charge in [0.15, 0.2) is 0 Å². The van der Waals surface area contributed by atoms with Crippen molar-refractivity contribution in [2.24, 2.45) is 0 Å². The Morgan fingerprint density at radius 3 is 2.80 bits per heavy atom. The number of halogens is 1. The first kappa shape index (κ1) is 11.0. The van der Waals surface area contributed by atoms with Crippen molar-refractivity contribution >= 4 is 15.9 Å². The van der Waals surface area contributed by atoms with Gasteiger partial charge in [-0.05, 0) is 58.5 Å². The van der Waals surface area contributed by atoms with E-state index in [2.05, 4.69) is 28.1 Å². The molecule has 82 valence electrons. The van der Waals surface area contributed by atoms with Crippen LogP contribution < -0.4 is 4.74 Å². The van der Waals surface area contributed by atoms with Crippen LogP contribution in [0.2, 0.25) is 0 Å². The first-order chi connectivity index (χ1) is 7.26. The van der Waals surface area contributed by atoms with E-state index in [4.69, 9.17) is 9.47 Å². The van der Waals surface area contributed by atoms with Gasteiger partial charge >= 0.3 is 0 Å². The SMILES string of the molecule is COc1cc2c(cc1Br)CCC[C@H]2OC. The Balaban J connectivity index is 2.46. The molecule has 0 fully saturated rings. The van der Waals surface area contributed by atoms with Crippen LogP contribution in [0.1, 0.15) is 30.1 Å². The first-order valence-corrected chi connectivity index (χ1v) is 5.94. The van der Waals surface area contributed by atoms with E-state index in [1.54, 1.807) is 14.2 Å². The summed E-state index contributed by atoms with van der Waals surface area (Å²) in [4.78, 5) is 0. The predicted octanol–water partition coefficient (Wildman–Crippen LogP) is 3.48. The molecule has 0 spiro atoms. The van der Waals surface area contributed by atoms with Crippen LogP contribution in [-0.4, -0.2) is 14.2 Å². The lowest BCUT2D eigenvalue weighted by molar-refractivity contribution is 0.0878. The molecule has 0 N–H and O–H groups in total. The molecule has 1 aromatic carbocycles. The zero-order chi connectivity index (χ0) is 10.8. The van der Waals surface area contributed by atoms with Crippen molar-refractivity contribution in [1.29, 1.82) is 0 Å². The highest BCUT2D eigenvalue weighted by Gasteiger charge is 2.21. The molecule has 1 atom stereocenters. The molecule has 15 heavy (non-hydrogen) atoms. The smallest absolute Gasteiger partial charge is 0.133 e. The number of fused-ring (bicyclic) bond motifs is 1. The maximum absolute atomic E-state index is 5.49. The highest BCUT2D eigenvalue weighted by molar-refractivity contribution is 9.10. The fourth-order valence-corrected chi connectivity index (χ4v) is 2.71. The second-order valence-corrected chi connectivity index (χ2v) is 4.66. The first-order valence-electron chi connectivity index (χ1n) is 5.15. The molecule has 0 aliphatic heterocycles. The van der Waals surface area contributed by atoms with Gasteiger partial charge in [0.2, 0.25) is 0 Å². The normalized spacial score (nSPS) is 19.8. The van der Waals surface area contributed by atoms with E-state index in [1.165, 1.54) is 17.5 Å². The average Bonchev–Trinajstić information content (AvgIpc) is 2.27. The van der Waals surface area contributed by atoms with Gasteiger partial charge < -0.3 is 9.47 Å². The molecular weight excluding hydrogens is 256 g/mol. The van der Waals surface area contributed by atoms with Gasteiger partial charge in [-0.15, -0.1) is 0 Å². The van der Waals surface area contributed by atoms with E-state index in [0.29, 0.717) is 0 Å². The van der Waals surface area contributed by atoms with Crippen LogP contribution in [0.5, 0.6) is 5.75 Å². The van der Waals surface area contributed by atoms with Gasteiger partial charge in [-0.1, -0.05) is 0 Å². The lowest BCUT2D eigenvalue weighted by atomic mass is 9.89. The average molecular weight is 271 g/mol. The molecular formula is C12H15BrO2. The molecule has 0 saturated carbocycles. The van der Waals surface area contributed by atoms with Gasteiger partial charge in [-0.25, -0.2) is 0 Å². The second-order valence-electron chi connectivity index (χ2n) is 3.80. The number of rotatable bonds is 2. The number of hydrogen-bond acceptors (Lipinski definition) is 2. The van der Waals surface area contributed by atoms with Crippen molar-refractivity contribution in [2.75, 3.05) is 14.2 Å². The minimum atomic E-state index is 0.232. The molecule has 0 radical (unpaired) electrons. The second kappa shape index (κ2) is 4.54. The fraction of sp³-hybridized carbons (Fsp3) is 0.500. The van der Waals surface area contributed by atoms with Gasteiger partial charge in [0.05, 0.1) is 17.7 Å². The molecule has 1 aromatic rings. The van der Waals surface area contributed by atoms with Gasteiger partial charge in [0, 0.05) is 7.11 Å². The molecule has 1 aliphatic rings. The molecule has 2 rings (SSSR count). The molecule has 3 heteroatoms. The van der Waals surface area contributed by atoms with Gasteiger partial charge in [-0.2, -0.15) is 0 Å². The largest absolute Gasteiger partial charge is 0.496 e. The standard InChI is InChI=1S/C12H15BrO2/c1-14-11-5-3-4-8-6-10(13)12(15-2)7-9(8)11/h6-7,11H,3-5H2,1-2H3/t11-/m1/s1. The number of benzene rings is 1. The zero-order valence-electron chi connectivity index (χ0n) is 9.05. The third-order valence-corrected chi connectivity index (χ3v) is 3.58. The Bertz CT molecular complexity index is 363. The van der Waals surface area contributed by atoms with E-state index in [9.17, 15) is 0 Å². The summed E-state index contributed by atoms with van der Waals surface area (Å²) in [6, 6.07) is 4.24. The third-order valence-electron chi connectivity index (χ3n) is 2.96. The van der Waals surface area contributed by atoms with Gasteiger partial charge in [0.25, 0.3) is 0 Å². The van der Waals surface area contributed by atoms with E-state index >= 15 is 0 Å². The molecule has 0 amide bonds. The highest BCUT2D eigenvalue weighted by atomic mass is 79.9. The Kier molecular flexibility index (Phi) is 3.32. The quantitative estimate of drug-likeness (QED) is 0.819. The molecule has 1 aliphatic carbocycles. The minimum Gasteiger partial charge on any atom is -0.496 e.